The van der Waals surface area contributed by atoms with Crippen LogP contribution in [0.1, 0.15) is 142 Å². The van der Waals surface area contributed by atoms with Crippen LogP contribution in [0.3, 0.4) is 0 Å². The molecule has 6 heteroatoms. The second-order valence-electron chi connectivity index (χ2n) is 8.86. The number of hydrogen-bond acceptors (Lipinski definition) is 4. The van der Waals surface area contributed by atoms with Gasteiger partial charge in [0.25, 0.3) is 0 Å². The van der Waals surface area contributed by atoms with Crippen LogP contribution in [0.5, 0.6) is 0 Å². The van der Waals surface area contributed by atoms with Crippen molar-refractivity contribution in [3.63, 3.8) is 0 Å². The number of rotatable bonds is 23. The van der Waals surface area contributed by atoms with Crippen molar-refractivity contribution in [3.05, 3.63) is 0 Å². The largest absolute Gasteiger partial charge is 1.00 e. The molecule has 4 nitrogen and oxygen atoms in total. The quantitative estimate of drug-likeness (QED) is 0.143. The maximum Gasteiger partial charge on any atom is 1.00 e. The molecule has 0 fully saturated rings. The summed E-state index contributed by atoms with van der Waals surface area (Å²) in [5.41, 5.74) is 0. The second-order valence-corrected chi connectivity index (χ2v) is 10.4. The Kier molecular flexibility index (Phi) is 27.0. The average Bonchev–Trinajstić information content (AvgIpc) is 2.66. The van der Waals surface area contributed by atoms with E-state index in [0.29, 0.717) is 6.42 Å². The number of aliphatic hydroxyl groups is 1. The van der Waals surface area contributed by atoms with Crippen LogP contribution in [0.25, 0.3) is 0 Å². The van der Waals surface area contributed by atoms with Gasteiger partial charge in [0.1, 0.15) is 0 Å². The zero-order chi connectivity index (χ0) is 21.6. The Morgan fingerprint density at radius 1 is 0.600 bits per heavy atom. The Labute approximate surface area is 210 Å². The first-order valence-corrected chi connectivity index (χ1v) is 14.1. The monoisotopic (exact) mass is 456 g/mol. The predicted molar refractivity (Wildman–Crippen MR) is 123 cm³/mol. The predicted octanol–water partition coefficient (Wildman–Crippen LogP) is 4.11. The van der Waals surface area contributed by atoms with Crippen molar-refractivity contribution in [2.75, 3.05) is 5.75 Å². The molecule has 30 heavy (non-hydrogen) atoms. The van der Waals surface area contributed by atoms with Crippen molar-refractivity contribution >= 4 is 10.1 Å². The van der Waals surface area contributed by atoms with Gasteiger partial charge in [-0.15, -0.1) is 0 Å². The minimum atomic E-state index is -4.03. The van der Waals surface area contributed by atoms with E-state index >= 15 is 0 Å². The molecule has 1 N–H and O–H groups in total. The summed E-state index contributed by atoms with van der Waals surface area (Å²) in [5.74, 6) is -0.224. The summed E-state index contributed by atoms with van der Waals surface area (Å²) in [6.07, 6.45) is 24.7. The van der Waals surface area contributed by atoms with Gasteiger partial charge < -0.3 is 9.66 Å². The van der Waals surface area contributed by atoms with Gasteiger partial charge in [-0.3, -0.25) is 0 Å². The van der Waals surface area contributed by atoms with E-state index in [1.165, 1.54) is 70.6 Å². The zero-order valence-electron chi connectivity index (χ0n) is 20.2. The van der Waals surface area contributed by atoms with Gasteiger partial charge in [-0.1, -0.05) is 122 Å². The van der Waals surface area contributed by atoms with Gasteiger partial charge in [0.05, 0.1) is 16.2 Å². The number of aliphatic hydroxyl groups excluding tert-OH is 1. The van der Waals surface area contributed by atoms with Crippen LogP contribution in [0.4, 0.5) is 0 Å². The first-order valence-electron chi connectivity index (χ1n) is 12.6. The van der Waals surface area contributed by atoms with Crippen LogP contribution in [0.15, 0.2) is 0 Å². The third-order valence-corrected chi connectivity index (χ3v) is 6.61. The summed E-state index contributed by atoms with van der Waals surface area (Å²) < 4.78 is 31.5. The molecule has 0 aliphatic heterocycles. The first kappa shape index (κ1) is 33.0. The molecular weight excluding hydrogens is 407 g/mol. The van der Waals surface area contributed by atoms with Crippen molar-refractivity contribution < 1.29 is 47.6 Å². The van der Waals surface area contributed by atoms with Gasteiger partial charge in [-0.25, -0.2) is 8.42 Å². The molecule has 1 unspecified atom stereocenters. The summed E-state index contributed by atoms with van der Waals surface area (Å²) in [6, 6.07) is 0. The van der Waals surface area contributed by atoms with Gasteiger partial charge in [0.15, 0.2) is 0 Å². The summed E-state index contributed by atoms with van der Waals surface area (Å²) in [5, 5.41) is 10.1. The normalized spacial score (nSPS) is 12.6. The van der Waals surface area contributed by atoms with E-state index in [2.05, 4.69) is 6.92 Å². The summed E-state index contributed by atoms with van der Waals surface area (Å²) in [7, 11) is -4.03. The molecule has 0 amide bonds. The van der Waals surface area contributed by atoms with Crippen molar-refractivity contribution in [2.45, 2.75) is 148 Å². The smallest absolute Gasteiger partial charge is 0.748 e. The zero-order valence-corrected chi connectivity index (χ0v) is 23.0. The van der Waals surface area contributed by atoms with Crippen molar-refractivity contribution in [1.29, 1.82) is 0 Å². The molecule has 0 rings (SSSR count). The SMILES string of the molecule is CCCCCCCCCCCCCCC(O)CCCCCCCCCS(=O)(=O)[O-].[Na+]. The Bertz CT molecular complexity index is 429. The van der Waals surface area contributed by atoms with Crippen LogP contribution in [-0.2, 0) is 10.1 Å². The van der Waals surface area contributed by atoms with E-state index in [0.717, 1.165) is 57.8 Å². The molecule has 0 bridgehead atoms. The summed E-state index contributed by atoms with van der Waals surface area (Å²) >= 11 is 0. The van der Waals surface area contributed by atoms with Crippen LogP contribution in [0, 0.1) is 0 Å². The van der Waals surface area contributed by atoms with Crippen LogP contribution < -0.4 is 29.6 Å². The molecule has 176 valence electrons. The minimum Gasteiger partial charge on any atom is -0.748 e. The molecule has 0 aromatic heterocycles. The van der Waals surface area contributed by atoms with E-state index in [-0.39, 0.29) is 41.4 Å². The molecule has 0 aliphatic carbocycles. The fraction of sp³-hybridized carbons (Fsp3) is 1.00. The Morgan fingerprint density at radius 3 is 1.23 bits per heavy atom. The van der Waals surface area contributed by atoms with Crippen molar-refractivity contribution in [2.24, 2.45) is 0 Å². The van der Waals surface area contributed by atoms with E-state index in [1.54, 1.807) is 0 Å². The van der Waals surface area contributed by atoms with E-state index in [9.17, 15) is 18.1 Å². The van der Waals surface area contributed by atoms with Gasteiger partial charge in [0, 0.05) is 5.75 Å². The fourth-order valence-corrected chi connectivity index (χ4v) is 4.47. The molecule has 1 atom stereocenters. The third-order valence-electron chi connectivity index (χ3n) is 5.82. The maximum absolute atomic E-state index is 10.5. The van der Waals surface area contributed by atoms with Crippen LogP contribution >= 0.6 is 0 Å². The van der Waals surface area contributed by atoms with E-state index in [4.69, 9.17) is 0 Å². The number of unbranched alkanes of at least 4 members (excludes halogenated alkanes) is 17. The minimum absolute atomic E-state index is 0. The Balaban J connectivity index is 0. The molecule has 0 spiro atoms. The second kappa shape index (κ2) is 24.5. The first-order chi connectivity index (χ1) is 14.0. The molecule has 0 saturated carbocycles. The Morgan fingerprint density at radius 2 is 0.900 bits per heavy atom. The van der Waals surface area contributed by atoms with Crippen LogP contribution in [-0.4, -0.2) is 29.9 Å². The Hall–Kier alpha value is 0.870. The number of hydrogen-bond donors (Lipinski definition) is 1. The molecule has 0 radical (unpaired) electrons. The average molecular weight is 457 g/mol. The molecular formula is C24H49NaO4S. The summed E-state index contributed by atoms with van der Waals surface area (Å²) in [4.78, 5) is 0. The van der Waals surface area contributed by atoms with Crippen LogP contribution in [0.2, 0.25) is 0 Å². The van der Waals surface area contributed by atoms with Crippen molar-refractivity contribution in [1.82, 2.24) is 0 Å². The van der Waals surface area contributed by atoms with E-state index in [1.807, 2.05) is 0 Å². The summed E-state index contributed by atoms with van der Waals surface area (Å²) in [6.45, 7) is 2.27. The molecule has 0 saturated heterocycles. The van der Waals surface area contributed by atoms with Gasteiger partial charge in [-0.05, 0) is 19.3 Å². The maximum atomic E-state index is 10.5. The molecule has 0 aliphatic rings. The molecule has 0 aromatic carbocycles. The standard InChI is InChI=1S/C24H50O4S.Na/c1-2-3-4-5-6-7-8-9-10-12-15-18-21-24(25)22-19-16-13-11-14-17-20-23-29(26,27)28;/h24-25H,2-23H2,1H3,(H,26,27,28);/q;+1/p-1. The van der Waals surface area contributed by atoms with Gasteiger partial charge in [0.2, 0.25) is 0 Å². The van der Waals surface area contributed by atoms with Gasteiger partial charge >= 0.3 is 29.6 Å². The van der Waals surface area contributed by atoms with Gasteiger partial charge in [-0.2, -0.15) is 0 Å². The van der Waals surface area contributed by atoms with E-state index < -0.39 is 10.1 Å². The molecule has 0 heterocycles. The molecule has 0 aromatic rings. The third kappa shape index (κ3) is 28.9. The fourth-order valence-electron chi connectivity index (χ4n) is 3.91. The topological polar surface area (TPSA) is 77.4 Å². The van der Waals surface area contributed by atoms with Crippen molar-refractivity contribution in [3.8, 4) is 0 Å².